The van der Waals surface area contributed by atoms with Gasteiger partial charge in [-0.3, -0.25) is 4.79 Å². The Morgan fingerprint density at radius 1 is 0.562 bits per heavy atom. The van der Waals surface area contributed by atoms with Crippen molar-refractivity contribution in [2.75, 3.05) is 26.4 Å². The molecule has 0 aromatic heterocycles. The van der Waals surface area contributed by atoms with Gasteiger partial charge in [-0.15, -0.1) is 0 Å². The number of rotatable bonds is 10. The fraction of sp³-hybridized carbons (Fsp3) is 0.981. The van der Waals surface area contributed by atoms with Crippen molar-refractivity contribution in [1.29, 1.82) is 0 Å². The SMILES string of the molecule is C[C@@H]1OC(O[C@H]2C(O[C@H]3CC[C@@]4(C)C(CC[C@]5(C)C4CCC4C6CC(C)(C)CC[C@]6(C(=O)OC6O[C@H](CO[C@@H]7OC[C@@H](O)[C@H](O)[C@H]7O)[C@@H](O)[C@H](O)[C@H]6O)CC[C@@]45C)[C@]3(C)CO)OC[C@H](O)[C@@H]2O)[C@H](O)[C@H](O)[C@H]1O. The molecule has 0 amide bonds. The highest BCUT2D eigenvalue weighted by atomic mass is 16.8. The molecule has 5 saturated carbocycles. The molecule has 0 radical (unpaired) electrons. The topological polar surface area (TPSA) is 334 Å². The Hall–Kier alpha value is -1.29. The van der Waals surface area contributed by atoms with Gasteiger partial charge in [0.05, 0.1) is 44.1 Å². The van der Waals surface area contributed by atoms with E-state index in [9.17, 15) is 61.3 Å². The van der Waals surface area contributed by atoms with Crippen LogP contribution in [0.4, 0.5) is 0 Å². The lowest BCUT2D eigenvalue weighted by Gasteiger charge is -2.73. The van der Waals surface area contributed by atoms with Crippen molar-refractivity contribution in [3.05, 3.63) is 0 Å². The molecular weight excluding hydrogens is 961 g/mol. The third kappa shape index (κ3) is 9.28. The van der Waals surface area contributed by atoms with Crippen LogP contribution in [0.5, 0.6) is 0 Å². The number of aliphatic hydroxyl groups excluding tert-OH is 12. The third-order valence-corrected chi connectivity index (χ3v) is 21.3. The Bertz CT molecular complexity index is 1950. The van der Waals surface area contributed by atoms with Gasteiger partial charge in [-0.1, -0.05) is 41.5 Å². The second-order valence-electron chi connectivity index (χ2n) is 25.7. The number of carbonyl (C=O) groups excluding carboxylic acids is 1. The minimum Gasteiger partial charge on any atom is -0.432 e. The molecule has 21 nitrogen and oxygen atoms in total. The smallest absolute Gasteiger partial charge is 0.314 e. The maximum Gasteiger partial charge on any atom is 0.314 e. The second-order valence-corrected chi connectivity index (χ2v) is 25.7. The summed E-state index contributed by atoms with van der Waals surface area (Å²) in [5, 5.41) is 128. The highest BCUT2D eigenvalue weighted by Gasteiger charge is 2.72. The monoisotopic (exact) mass is 1050 g/mol. The first-order chi connectivity index (χ1) is 34.2. The summed E-state index contributed by atoms with van der Waals surface area (Å²) in [4.78, 5) is 15.0. The van der Waals surface area contributed by atoms with Gasteiger partial charge in [-0.05, 0) is 123 Å². The average molecular weight is 1050 g/mol. The zero-order valence-corrected chi connectivity index (χ0v) is 43.4. The van der Waals surface area contributed by atoms with E-state index < -0.39 is 140 Å². The fourth-order valence-corrected chi connectivity index (χ4v) is 16.6. The number of carbonyl (C=O) groups is 1. The Labute approximate surface area is 427 Å². The highest BCUT2D eigenvalue weighted by molar-refractivity contribution is 5.78. The number of ether oxygens (including phenoxy) is 8. The molecule has 4 heterocycles. The Morgan fingerprint density at radius 3 is 1.89 bits per heavy atom. The molecule has 12 N–H and O–H groups in total. The normalized spacial score (nSPS) is 56.1. The van der Waals surface area contributed by atoms with Gasteiger partial charge in [-0.25, -0.2) is 0 Å². The highest BCUT2D eigenvalue weighted by Crippen LogP contribution is 2.77. The average Bonchev–Trinajstić information content (AvgIpc) is 3.34. The van der Waals surface area contributed by atoms with Gasteiger partial charge in [0.1, 0.15) is 79.4 Å². The first-order valence-corrected chi connectivity index (χ1v) is 27.0. The summed E-state index contributed by atoms with van der Waals surface area (Å²) in [7, 11) is 0. The van der Waals surface area contributed by atoms with Crippen molar-refractivity contribution >= 4 is 5.97 Å². The minimum atomic E-state index is -1.79. The van der Waals surface area contributed by atoms with E-state index in [-0.39, 0.29) is 65.2 Å². The van der Waals surface area contributed by atoms with Gasteiger partial charge in [0.25, 0.3) is 0 Å². The van der Waals surface area contributed by atoms with E-state index >= 15 is 4.79 Å². The van der Waals surface area contributed by atoms with E-state index in [1.165, 1.54) is 6.92 Å². The predicted octanol–water partition coefficient (Wildman–Crippen LogP) is -0.677. The number of hydrogen-bond acceptors (Lipinski definition) is 21. The van der Waals surface area contributed by atoms with Crippen LogP contribution < -0.4 is 0 Å². The van der Waals surface area contributed by atoms with Crippen LogP contribution in [-0.2, 0) is 42.7 Å². The van der Waals surface area contributed by atoms with Crippen molar-refractivity contribution in [2.45, 2.75) is 236 Å². The zero-order chi connectivity index (χ0) is 53.1. The van der Waals surface area contributed by atoms with E-state index in [0.717, 1.165) is 51.4 Å². The van der Waals surface area contributed by atoms with Crippen LogP contribution >= 0.6 is 0 Å². The maximum absolute atomic E-state index is 15.0. The quantitative estimate of drug-likeness (QED) is 0.0953. The molecule has 21 heteroatoms. The van der Waals surface area contributed by atoms with Crippen molar-refractivity contribution in [3.8, 4) is 0 Å². The van der Waals surface area contributed by atoms with Crippen LogP contribution in [0.25, 0.3) is 0 Å². The van der Waals surface area contributed by atoms with Crippen LogP contribution in [-0.4, -0.2) is 210 Å². The molecule has 28 atom stereocenters. The summed E-state index contributed by atoms with van der Waals surface area (Å²) in [6, 6.07) is 0. The van der Waals surface area contributed by atoms with Gasteiger partial charge >= 0.3 is 5.97 Å². The van der Waals surface area contributed by atoms with Crippen LogP contribution in [0.15, 0.2) is 0 Å². The second kappa shape index (κ2) is 20.4. The van der Waals surface area contributed by atoms with Gasteiger partial charge in [-0.2, -0.15) is 0 Å². The first kappa shape index (κ1) is 56.4. The summed E-state index contributed by atoms with van der Waals surface area (Å²) >= 11 is 0. The Kier molecular flexibility index (Phi) is 15.8. The van der Waals surface area contributed by atoms with E-state index in [0.29, 0.717) is 19.3 Å². The molecule has 7 unspecified atom stereocenters. The lowest BCUT2D eigenvalue weighted by molar-refractivity contribution is -0.366. The number of aliphatic hydroxyl groups is 12. The van der Waals surface area contributed by atoms with E-state index in [1.807, 2.05) is 6.92 Å². The lowest BCUT2D eigenvalue weighted by Crippen LogP contribution is -2.69. The van der Waals surface area contributed by atoms with Crippen molar-refractivity contribution in [2.24, 2.45) is 56.2 Å². The summed E-state index contributed by atoms with van der Waals surface area (Å²) in [5.41, 5.74) is -2.42. The number of fused-ring (bicyclic) bond motifs is 7. The number of esters is 1. The van der Waals surface area contributed by atoms with Crippen molar-refractivity contribution < 1.29 is 104 Å². The van der Waals surface area contributed by atoms with Crippen molar-refractivity contribution in [1.82, 2.24) is 0 Å². The van der Waals surface area contributed by atoms with Gasteiger partial charge in [0.15, 0.2) is 18.9 Å². The molecule has 0 bridgehead atoms. The molecule has 0 aromatic carbocycles. The molecule has 9 fully saturated rings. The van der Waals surface area contributed by atoms with Crippen LogP contribution in [0.3, 0.4) is 0 Å². The molecular formula is C52H86O21. The third-order valence-electron chi connectivity index (χ3n) is 21.3. The zero-order valence-electron chi connectivity index (χ0n) is 43.4. The summed E-state index contributed by atoms with van der Waals surface area (Å²) in [6.45, 7) is 14.0. The molecule has 420 valence electrons. The van der Waals surface area contributed by atoms with E-state index in [4.69, 9.17) is 37.9 Å². The van der Waals surface area contributed by atoms with Gasteiger partial charge in [0, 0.05) is 5.41 Å². The molecule has 4 saturated heterocycles. The molecule has 0 spiro atoms. The summed E-state index contributed by atoms with van der Waals surface area (Å²) < 4.78 is 47.6. The maximum atomic E-state index is 15.0. The molecule has 73 heavy (non-hydrogen) atoms. The van der Waals surface area contributed by atoms with Gasteiger partial charge < -0.3 is 99.2 Å². The van der Waals surface area contributed by atoms with E-state index in [1.54, 1.807) is 0 Å². The molecule has 5 aliphatic carbocycles. The molecule has 4 aliphatic heterocycles. The molecule has 9 aliphatic rings. The van der Waals surface area contributed by atoms with Gasteiger partial charge in [0.2, 0.25) is 6.29 Å². The summed E-state index contributed by atoms with van der Waals surface area (Å²) in [5.74, 6) is -0.243. The standard InChI is InChI=1S/C52H86O21/c1-23-32(56)36(60)39(63)43(69-23)72-41-34(58)27(55)20-67-45(41)71-31-11-12-48(4)29(49(31,5)22-53)10-13-51(7)30(48)9-8-24-25-18-47(2,3)14-16-52(25,17-15-50(24,51)6)46(65)73-44-40(64)37(61)35(59)28(70-44)21-68-42-38(62)33(57)26(54)19-66-42/h23-45,53-64H,8-22H2,1-7H3/t23-,24?,25?,26+,27-,28+,29?,30?,31-,32-,33-,34-,35+,36+,37-,38+,39+,40+,41+,42-,43?,44?,45?,48-,49-,50-,51+,52-/m0/s1. The summed E-state index contributed by atoms with van der Waals surface area (Å²) in [6.07, 6.45) is -19.1. The largest absolute Gasteiger partial charge is 0.432 e. The van der Waals surface area contributed by atoms with Crippen LogP contribution in [0.1, 0.15) is 119 Å². The lowest BCUT2D eigenvalue weighted by atomic mass is 9.31. The number of hydrogen-bond donors (Lipinski definition) is 12. The first-order valence-electron chi connectivity index (χ1n) is 27.0. The molecule has 0 aromatic rings. The Morgan fingerprint density at radius 2 is 1.19 bits per heavy atom. The van der Waals surface area contributed by atoms with Crippen molar-refractivity contribution in [3.63, 3.8) is 0 Å². The molecule has 9 rings (SSSR count). The Balaban J connectivity index is 0.916. The van der Waals surface area contributed by atoms with Crippen LogP contribution in [0.2, 0.25) is 0 Å². The van der Waals surface area contributed by atoms with Crippen LogP contribution in [0, 0.1) is 56.2 Å². The van der Waals surface area contributed by atoms with E-state index in [2.05, 4.69) is 34.6 Å². The fourth-order valence-electron chi connectivity index (χ4n) is 16.6. The minimum absolute atomic E-state index is 0.00234. The predicted molar refractivity (Wildman–Crippen MR) is 251 cm³/mol.